The smallest absolute Gasteiger partial charge is 0.0591 e. The minimum Gasteiger partial charge on any atom is -0.329 e. The quantitative estimate of drug-likeness (QED) is 0.861. The molecule has 0 saturated carbocycles. The van der Waals surface area contributed by atoms with E-state index in [1.807, 2.05) is 11.9 Å². The fourth-order valence-corrected chi connectivity index (χ4v) is 3.00. The van der Waals surface area contributed by atoms with Gasteiger partial charge in [0.1, 0.15) is 0 Å². The lowest BCUT2D eigenvalue weighted by atomic mass is 10.2. The van der Waals surface area contributed by atoms with Gasteiger partial charge in [-0.05, 0) is 30.5 Å². The van der Waals surface area contributed by atoms with Crippen molar-refractivity contribution in [3.8, 4) is 0 Å². The first-order valence-electron chi connectivity index (χ1n) is 5.78. The van der Waals surface area contributed by atoms with Gasteiger partial charge in [-0.25, -0.2) is 0 Å². The Bertz CT molecular complexity index is 450. The number of para-hydroxylation sites is 1. The normalized spacial score (nSPS) is 13.1. The predicted octanol–water partition coefficient (Wildman–Crippen LogP) is 3.27. The molecule has 1 aromatic carbocycles. The van der Waals surface area contributed by atoms with Gasteiger partial charge in [0, 0.05) is 23.4 Å². The molecule has 1 aromatic heterocycles. The highest BCUT2D eigenvalue weighted by atomic mass is 32.2. The fraction of sp³-hybridized carbons (Fsp3) is 0.385. The van der Waals surface area contributed by atoms with Crippen LogP contribution in [-0.4, -0.2) is 15.8 Å². The van der Waals surface area contributed by atoms with E-state index in [1.165, 1.54) is 23.7 Å². The molecule has 0 aliphatic rings. The molecule has 1 unspecified atom stereocenters. The number of rotatable bonds is 5. The highest BCUT2D eigenvalue weighted by Gasteiger charge is 2.09. The number of hydrogen-bond acceptors (Lipinski definition) is 2. The zero-order valence-corrected chi connectivity index (χ0v) is 10.4. The number of fused-ring (bicyclic) bond motifs is 1. The molecule has 2 nitrogen and oxygen atoms in total. The van der Waals surface area contributed by atoms with Crippen molar-refractivity contribution < 1.29 is 0 Å². The largest absolute Gasteiger partial charge is 0.329 e. The van der Waals surface area contributed by atoms with Gasteiger partial charge in [-0.2, -0.15) is 0 Å². The SMILES string of the molecule is CCCC(CN)Sn1ccc2ccccc21. The van der Waals surface area contributed by atoms with E-state index in [9.17, 15) is 0 Å². The second-order valence-corrected chi connectivity index (χ2v) is 5.22. The van der Waals surface area contributed by atoms with Crippen molar-refractivity contribution in [2.45, 2.75) is 25.0 Å². The van der Waals surface area contributed by atoms with Gasteiger partial charge >= 0.3 is 0 Å². The van der Waals surface area contributed by atoms with Gasteiger partial charge < -0.3 is 5.73 Å². The zero-order chi connectivity index (χ0) is 11.4. The summed E-state index contributed by atoms with van der Waals surface area (Å²) >= 11 is 1.84. The van der Waals surface area contributed by atoms with Gasteiger partial charge in [-0.3, -0.25) is 3.97 Å². The predicted molar refractivity (Wildman–Crippen MR) is 72.7 cm³/mol. The Hall–Kier alpha value is -0.930. The van der Waals surface area contributed by atoms with Crippen LogP contribution < -0.4 is 5.73 Å². The third-order valence-corrected chi connectivity index (χ3v) is 3.97. The van der Waals surface area contributed by atoms with Crippen LogP contribution in [0.2, 0.25) is 0 Å². The Morgan fingerprint density at radius 1 is 1.31 bits per heavy atom. The van der Waals surface area contributed by atoms with Crippen LogP contribution in [0, 0.1) is 0 Å². The van der Waals surface area contributed by atoms with Gasteiger partial charge in [0.25, 0.3) is 0 Å². The van der Waals surface area contributed by atoms with Crippen molar-refractivity contribution in [3.05, 3.63) is 36.5 Å². The monoisotopic (exact) mass is 234 g/mol. The van der Waals surface area contributed by atoms with Crippen LogP contribution in [0.15, 0.2) is 36.5 Å². The lowest BCUT2D eigenvalue weighted by Gasteiger charge is -2.14. The first-order chi connectivity index (χ1) is 7.85. The highest BCUT2D eigenvalue weighted by Crippen LogP contribution is 2.24. The third kappa shape index (κ3) is 2.42. The van der Waals surface area contributed by atoms with Crippen LogP contribution in [0.5, 0.6) is 0 Å². The maximum absolute atomic E-state index is 5.79. The molecule has 1 heterocycles. The molecule has 0 aliphatic carbocycles. The van der Waals surface area contributed by atoms with E-state index in [1.54, 1.807) is 0 Å². The minimum atomic E-state index is 0.515. The van der Waals surface area contributed by atoms with Crippen LogP contribution in [0.25, 0.3) is 10.9 Å². The van der Waals surface area contributed by atoms with Crippen molar-refractivity contribution in [3.63, 3.8) is 0 Å². The standard InChI is InChI=1S/C13H18N2S/c1-2-5-12(10-14)16-15-9-8-11-6-3-4-7-13(11)15/h3-4,6-9,12H,2,5,10,14H2,1H3. The molecule has 2 aromatic rings. The third-order valence-electron chi connectivity index (χ3n) is 2.70. The topological polar surface area (TPSA) is 30.9 Å². The Kier molecular flexibility index (Phi) is 3.91. The summed E-state index contributed by atoms with van der Waals surface area (Å²) in [6.45, 7) is 2.95. The Labute approximate surface area is 101 Å². The van der Waals surface area contributed by atoms with Crippen molar-refractivity contribution in [2.24, 2.45) is 5.73 Å². The summed E-state index contributed by atoms with van der Waals surface area (Å²) in [5.41, 5.74) is 7.07. The molecular weight excluding hydrogens is 216 g/mol. The number of nitrogens with two attached hydrogens (primary N) is 1. The molecule has 0 radical (unpaired) electrons. The van der Waals surface area contributed by atoms with Crippen LogP contribution in [0.4, 0.5) is 0 Å². The Morgan fingerprint density at radius 2 is 2.12 bits per heavy atom. The van der Waals surface area contributed by atoms with E-state index in [0.717, 1.165) is 6.54 Å². The van der Waals surface area contributed by atoms with Crippen LogP contribution in [0.3, 0.4) is 0 Å². The summed E-state index contributed by atoms with van der Waals surface area (Å²) in [4.78, 5) is 0. The second-order valence-electron chi connectivity index (χ2n) is 3.95. The van der Waals surface area contributed by atoms with Gasteiger partial charge in [0.15, 0.2) is 0 Å². The van der Waals surface area contributed by atoms with Gasteiger partial charge in [-0.1, -0.05) is 31.5 Å². The summed E-state index contributed by atoms with van der Waals surface area (Å²) in [6, 6.07) is 10.6. The van der Waals surface area contributed by atoms with E-state index in [2.05, 4.69) is 47.4 Å². The Balaban J connectivity index is 2.20. The minimum absolute atomic E-state index is 0.515. The molecule has 2 rings (SSSR count). The molecule has 2 N–H and O–H groups in total. The molecule has 1 atom stereocenters. The van der Waals surface area contributed by atoms with Crippen LogP contribution in [-0.2, 0) is 0 Å². The average Bonchev–Trinajstić information content (AvgIpc) is 2.72. The summed E-state index contributed by atoms with van der Waals surface area (Å²) in [6.07, 6.45) is 4.50. The van der Waals surface area contributed by atoms with E-state index < -0.39 is 0 Å². The van der Waals surface area contributed by atoms with Crippen molar-refractivity contribution in [1.82, 2.24) is 3.97 Å². The van der Waals surface area contributed by atoms with Gasteiger partial charge in [-0.15, -0.1) is 0 Å². The average molecular weight is 234 g/mol. The lowest BCUT2D eigenvalue weighted by molar-refractivity contribution is 0.742. The van der Waals surface area contributed by atoms with E-state index in [4.69, 9.17) is 5.73 Å². The van der Waals surface area contributed by atoms with Crippen molar-refractivity contribution >= 4 is 22.9 Å². The first kappa shape index (κ1) is 11.6. The lowest BCUT2D eigenvalue weighted by Crippen LogP contribution is -2.17. The van der Waals surface area contributed by atoms with Crippen molar-refractivity contribution in [1.29, 1.82) is 0 Å². The summed E-state index contributed by atoms with van der Waals surface area (Å²) in [7, 11) is 0. The zero-order valence-electron chi connectivity index (χ0n) is 9.60. The summed E-state index contributed by atoms with van der Waals surface area (Å²) in [5, 5.41) is 1.81. The molecule has 16 heavy (non-hydrogen) atoms. The first-order valence-corrected chi connectivity index (χ1v) is 6.62. The molecule has 86 valence electrons. The number of nitrogens with zero attached hydrogens (tertiary/aromatic N) is 1. The van der Waals surface area contributed by atoms with Crippen LogP contribution >= 0.6 is 11.9 Å². The summed E-state index contributed by atoms with van der Waals surface area (Å²) in [5.74, 6) is 0. The molecule has 0 amide bonds. The van der Waals surface area contributed by atoms with E-state index in [-0.39, 0.29) is 0 Å². The molecule has 3 heteroatoms. The Morgan fingerprint density at radius 3 is 2.88 bits per heavy atom. The molecule has 0 aliphatic heterocycles. The second kappa shape index (κ2) is 5.41. The molecular formula is C13H18N2S. The highest BCUT2D eigenvalue weighted by molar-refractivity contribution is 7.98. The molecule has 0 spiro atoms. The maximum atomic E-state index is 5.79. The number of aromatic nitrogens is 1. The summed E-state index contributed by atoms with van der Waals surface area (Å²) < 4.78 is 2.24. The van der Waals surface area contributed by atoms with Gasteiger partial charge in [0.05, 0.1) is 5.52 Å². The maximum Gasteiger partial charge on any atom is 0.0591 e. The molecule has 0 saturated heterocycles. The van der Waals surface area contributed by atoms with Crippen molar-refractivity contribution in [2.75, 3.05) is 6.54 Å². The number of benzene rings is 1. The molecule has 0 bridgehead atoms. The number of hydrogen-bond donors (Lipinski definition) is 1. The molecule has 0 fully saturated rings. The van der Waals surface area contributed by atoms with Gasteiger partial charge in [0.2, 0.25) is 0 Å². The van der Waals surface area contributed by atoms with E-state index >= 15 is 0 Å². The van der Waals surface area contributed by atoms with Crippen LogP contribution in [0.1, 0.15) is 19.8 Å². The van der Waals surface area contributed by atoms with E-state index in [0.29, 0.717) is 5.25 Å². The fourth-order valence-electron chi connectivity index (χ4n) is 1.85.